The van der Waals surface area contributed by atoms with E-state index >= 15 is 0 Å². The van der Waals surface area contributed by atoms with Crippen LogP contribution in [0.2, 0.25) is 0 Å². The second-order valence-corrected chi connectivity index (χ2v) is 6.41. The third-order valence-corrected chi connectivity index (χ3v) is 5.09. The van der Waals surface area contributed by atoms with Crippen molar-refractivity contribution in [1.29, 1.82) is 0 Å². The van der Waals surface area contributed by atoms with Crippen LogP contribution in [-0.4, -0.2) is 36.7 Å². The topological polar surface area (TPSA) is 12.5 Å². The maximum Gasteiger partial charge on any atom is 0.0711 e. The molecular weight excluding hydrogens is 210 g/mol. The van der Waals surface area contributed by atoms with Gasteiger partial charge < -0.3 is 9.64 Å². The highest BCUT2D eigenvalue weighted by atomic mass is 16.5. The summed E-state index contributed by atoms with van der Waals surface area (Å²) in [7, 11) is 2.23. The minimum atomic E-state index is 0.229. The Morgan fingerprint density at radius 1 is 1.24 bits per heavy atom. The molecule has 2 heteroatoms. The summed E-state index contributed by atoms with van der Waals surface area (Å²) in [5, 5.41) is 0. The van der Waals surface area contributed by atoms with Gasteiger partial charge >= 0.3 is 0 Å². The van der Waals surface area contributed by atoms with Crippen molar-refractivity contribution in [2.24, 2.45) is 11.8 Å². The van der Waals surface area contributed by atoms with Crippen molar-refractivity contribution in [1.82, 2.24) is 4.90 Å². The highest BCUT2D eigenvalue weighted by Gasteiger charge is 2.44. The Labute approximate surface area is 105 Å². The van der Waals surface area contributed by atoms with Crippen LogP contribution in [0.25, 0.3) is 0 Å². The molecule has 3 rings (SSSR count). The molecule has 2 heterocycles. The van der Waals surface area contributed by atoms with E-state index in [0.29, 0.717) is 17.9 Å². The number of rotatable bonds is 0. The summed E-state index contributed by atoms with van der Waals surface area (Å²) in [6, 6.07) is 0. The Balaban J connectivity index is 1.72. The minimum absolute atomic E-state index is 0.229. The molecule has 0 amide bonds. The van der Waals surface area contributed by atoms with Gasteiger partial charge in [-0.25, -0.2) is 0 Å². The van der Waals surface area contributed by atoms with Crippen molar-refractivity contribution in [2.75, 3.05) is 20.1 Å². The molecule has 96 valence electrons. The summed E-state index contributed by atoms with van der Waals surface area (Å²) in [5.74, 6) is 1.41. The highest BCUT2D eigenvalue weighted by Crippen LogP contribution is 2.44. The molecule has 3 unspecified atom stereocenters. The van der Waals surface area contributed by atoms with Crippen molar-refractivity contribution in [3.63, 3.8) is 0 Å². The number of fused-ring (bicyclic) bond motifs is 1. The van der Waals surface area contributed by atoms with E-state index in [0.717, 1.165) is 0 Å². The van der Waals surface area contributed by atoms with Gasteiger partial charge in [-0.15, -0.1) is 0 Å². The first-order chi connectivity index (χ1) is 8.19. The molecular formula is C15H25NO. The first kappa shape index (κ1) is 11.7. The van der Waals surface area contributed by atoms with Crippen LogP contribution in [0.1, 0.15) is 39.0 Å². The summed E-state index contributed by atoms with van der Waals surface area (Å²) in [6.45, 7) is 4.78. The number of piperidine rings is 1. The number of allylic oxidation sites excluding steroid dienone is 1. The smallest absolute Gasteiger partial charge is 0.0711 e. The van der Waals surface area contributed by atoms with Gasteiger partial charge in [0.1, 0.15) is 0 Å². The van der Waals surface area contributed by atoms with E-state index in [2.05, 4.69) is 31.0 Å². The predicted octanol–water partition coefficient (Wildman–Crippen LogP) is 2.84. The molecule has 0 bridgehead atoms. The van der Waals surface area contributed by atoms with Crippen molar-refractivity contribution in [3.8, 4) is 0 Å². The number of ether oxygens (including phenoxy) is 1. The normalized spacial score (nSPS) is 41.4. The molecule has 2 saturated heterocycles. The Morgan fingerprint density at radius 3 is 2.76 bits per heavy atom. The van der Waals surface area contributed by atoms with Crippen molar-refractivity contribution >= 4 is 0 Å². The number of hydrogen-bond donors (Lipinski definition) is 0. The van der Waals surface area contributed by atoms with Crippen molar-refractivity contribution in [3.05, 3.63) is 12.2 Å². The zero-order chi connectivity index (χ0) is 11.9. The fourth-order valence-electron chi connectivity index (χ4n) is 3.77. The second-order valence-electron chi connectivity index (χ2n) is 6.41. The third-order valence-electron chi connectivity index (χ3n) is 5.09. The van der Waals surface area contributed by atoms with Crippen LogP contribution in [0.15, 0.2) is 12.2 Å². The lowest BCUT2D eigenvalue weighted by Gasteiger charge is -2.50. The zero-order valence-corrected chi connectivity index (χ0v) is 11.2. The van der Waals surface area contributed by atoms with Gasteiger partial charge in [-0.1, -0.05) is 19.1 Å². The molecule has 3 atom stereocenters. The van der Waals surface area contributed by atoms with Crippen LogP contribution in [0.4, 0.5) is 0 Å². The van der Waals surface area contributed by atoms with Crippen LogP contribution in [0, 0.1) is 11.8 Å². The average molecular weight is 235 g/mol. The Morgan fingerprint density at radius 2 is 2.00 bits per heavy atom. The molecule has 0 N–H and O–H groups in total. The molecule has 0 aromatic carbocycles. The van der Waals surface area contributed by atoms with E-state index in [1.165, 1.54) is 45.2 Å². The monoisotopic (exact) mass is 235 g/mol. The second kappa shape index (κ2) is 4.40. The minimum Gasteiger partial charge on any atom is -0.371 e. The summed E-state index contributed by atoms with van der Waals surface area (Å²) in [5.41, 5.74) is 0.229. The standard InChI is InChI=1S/C15H25NO/c1-12-4-3-5-13-6-7-15(17-14(12)13)8-10-16(2)11-9-15/h3,5,12-14H,4,6-11H2,1-2H3. The highest BCUT2D eigenvalue weighted by molar-refractivity contribution is 5.05. The van der Waals surface area contributed by atoms with E-state index in [-0.39, 0.29) is 5.60 Å². The SMILES string of the molecule is CC1CC=CC2CCC3(CCN(C)CC3)OC12. The van der Waals surface area contributed by atoms with Gasteiger partial charge in [0.2, 0.25) is 0 Å². The van der Waals surface area contributed by atoms with E-state index < -0.39 is 0 Å². The summed E-state index contributed by atoms with van der Waals surface area (Å²) in [4.78, 5) is 2.44. The van der Waals surface area contributed by atoms with Crippen LogP contribution in [0.5, 0.6) is 0 Å². The molecule has 0 aromatic heterocycles. The molecule has 3 aliphatic rings. The lowest BCUT2D eigenvalue weighted by molar-refractivity contribution is -0.182. The lowest BCUT2D eigenvalue weighted by atomic mass is 9.74. The molecule has 2 aliphatic heterocycles. The van der Waals surface area contributed by atoms with Gasteiger partial charge in [0.05, 0.1) is 11.7 Å². The molecule has 0 radical (unpaired) electrons. The summed E-state index contributed by atoms with van der Waals surface area (Å²) >= 11 is 0. The average Bonchev–Trinajstić information content (AvgIpc) is 2.35. The maximum atomic E-state index is 6.60. The van der Waals surface area contributed by atoms with Crippen LogP contribution < -0.4 is 0 Å². The maximum absolute atomic E-state index is 6.60. The Bertz CT molecular complexity index is 304. The van der Waals surface area contributed by atoms with Gasteiger partial charge in [-0.3, -0.25) is 0 Å². The molecule has 2 nitrogen and oxygen atoms in total. The van der Waals surface area contributed by atoms with Crippen molar-refractivity contribution in [2.45, 2.75) is 50.7 Å². The first-order valence-electron chi connectivity index (χ1n) is 7.22. The van der Waals surface area contributed by atoms with E-state index in [9.17, 15) is 0 Å². The Kier molecular flexibility index (Phi) is 3.04. The van der Waals surface area contributed by atoms with Crippen LogP contribution >= 0.6 is 0 Å². The van der Waals surface area contributed by atoms with E-state index in [1.807, 2.05) is 0 Å². The summed E-state index contributed by atoms with van der Waals surface area (Å²) < 4.78 is 6.60. The van der Waals surface area contributed by atoms with Gasteiger partial charge in [-0.2, -0.15) is 0 Å². The fraction of sp³-hybridized carbons (Fsp3) is 0.867. The summed E-state index contributed by atoms with van der Waals surface area (Å²) in [6.07, 6.45) is 11.6. The third kappa shape index (κ3) is 2.17. The molecule has 0 aromatic rings. The fourth-order valence-corrected chi connectivity index (χ4v) is 3.77. The number of likely N-dealkylation sites (tertiary alicyclic amines) is 1. The zero-order valence-electron chi connectivity index (χ0n) is 11.2. The molecule has 17 heavy (non-hydrogen) atoms. The molecule has 2 fully saturated rings. The van der Waals surface area contributed by atoms with Gasteiger partial charge in [-0.05, 0) is 45.1 Å². The quantitative estimate of drug-likeness (QED) is 0.599. The molecule has 1 spiro atoms. The van der Waals surface area contributed by atoms with E-state index in [1.54, 1.807) is 0 Å². The number of nitrogens with zero attached hydrogens (tertiary/aromatic N) is 1. The molecule has 0 saturated carbocycles. The predicted molar refractivity (Wildman–Crippen MR) is 70.0 cm³/mol. The van der Waals surface area contributed by atoms with Crippen LogP contribution in [-0.2, 0) is 4.74 Å². The van der Waals surface area contributed by atoms with Crippen molar-refractivity contribution < 1.29 is 4.74 Å². The van der Waals surface area contributed by atoms with E-state index in [4.69, 9.17) is 4.74 Å². The van der Waals surface area contributed by atoms with Gasteiger partial charge in [0, 0.05) is 19.0 Å². The largest absolute Gasteiger partial charge is 0.371 e. The Hall–Kier alpha value is -0.340. The molecule has 1 aliphatic carbocycles. The lowest BCUT2D eigenvalue weighted by Crippen LogP contribution is -2.52. The van der Waals surface area contributed by atoms with Gasteiger partial charge in [0.25, 0.3) is 0 Å². The number of hydrogen-bond acceptors (Lipinski definition) is 2. The van der Waals surface area contributed by atoms with Crippen LogP contribution in [0.3, 0.4) is 0 Å². The first-order valence-corrected chi connectivity index (χ1v) is 7.22. The van der Waals surface area contributed by atoms with Gasteiger partial charge in [0.15, 0.2) is 0 Å².